The van der Waals surface area contributed by atoms with Crippen molar-refractivity contribution in [2.75, 3.05) is 31.6 Å². The topological polar surface area (TPSA) is 41.0 Å². The van der Waals surface area contributed by atoms with Gasteiger partial charge in [0, 0.05) is 25.4 Å². The molecule has 2 rings (SSSR count). The Bertz CT molecular complexity index is 357. The van der Waals surface area contributed by atoms with Crippen LogP contribution >= 0.6 is 11.6 Å². The fourth-order valence-corrected chi connectivity index (χ4v) is 2.49. The van der Waals surface area contributed by atoms with Crippen LogP contribution in [0.25, 0.3) is 0 Å². The molecule has 94 valence electrons. The zero-order valence-electron chi connectivity index (χ0n) is 10.4. The van der Waals surface area contributed by atoms with Crippen molar-refractivity contribution in [1.29, 1.82) is 0 Å². The van der Waals surface area contributed by atoms with E-state index in [-0.39, 0.29) is 0 Å². The van der Waals surface area contributed by atoms with Crippen molar-refractivity contribution in [2.24, 2.45) is 5.92 Å². The Labute approximate surface area is 107 Å². The molecule has 1 saturated heterocycles. The van der Waals surface area contributed by atoms with Crippen molar-refractivity contribution in [3.8, 4) is 0 Å². The second-order valence-electron chi connectivity index (χ2n) is 4.73. The first-order valence-electron chi connectivity index (χ1n) is 6.08. The molecule has 1 aliphatic heterocycles. The molecule has 0 radical (unpaired) electrons. The van der Waals surface area contributed by atoms with Crippen LogP contribution in [-0.2, 0) is 0 Å². The molecule has 1 atom stereocenters. The Morgan fingerprint density at radius 2 is 2.35 bits per heavy atom. The van der Waals surface area contributed by atoms with Gasteiger partial charge in [-0.2, -0.15) is 0 Å². The van der Waals surface area contributed by atoms with Gasteiger partial charge in [-0.1, -0.05) is 0 Å². The molecule has 1 aromatic rings. The highest BCUT2D eigenvalue weighted by Gasteiger charge is 2.16. The average molecular weight is 255 g/mol. The first-order chi connectivity index (χ1) is 8.15. The second kappa shape index (κ2) is 5.65. The number of anilines is 1. The van der Waals surface area contributed by atoms with E-state index < -0.39 is 0 Å². The van der Waals surface area contributed by atoms with Gasteiger partial charge in [0.2, 0.25) is 5.28 Å². The minimum absolute atomic E-state index is 0.327. The van der Waals surface area contributed by atoms with Gasteiger partial charge in [0.25, 0.3) is 0 Å². The molecule has 0 saturated carbocycles. The van der Waals surface area contributed by atoms with Crippen LogP contribution in [0.4, 0.5) is 5.82 Å². The van der Waals surface area contributed by atoms with E-state index in [0.717, 1.165) is 31.1 Å². The van der Waals surface area contributed by atoms with Gasteiger partial charge < -0.3 is 10.2 Å². The smallest absolute Gasteiger partial charge is 0.224 e. The summed E-state index contributed by atoms with van der Waals surface area (Å²) in [5, 5.41) is 3.76. The minimum atomic E-state index is 0.327. The van der Waals surface area contributed by atoms with Crippen molar-refractivity contribution >= 4 is 17.4 Å². The number of piperidine rings is 1. The molecule has 1 aromatic heterocycles. The van der Waals surface area contributed by atoms with E-state index in [1.165, 1.54) is 12.8 Å². The predicted molar refractivity (Wildman–Crippen MR) is 70.6 cm³/mol. The molecule has 1 unspecified atom stereocenters. The maximum absolute atomic E-state index is 5.88. The van der Waals surface area contributed by atoms with Gasteiger partial charge in [-0.05, 0) is 50.4 Å². The van der Waals surface area contributed by atoms with Crippen molar-refractivity contribution in [1.82, 2.24) is 15.3 Å². The zero-order chi connectivity index (χ0) is 12.3. The van der Waals surface area contributed by atoms with Crippen LogP contribution < -0.4 is 10.2 Å². The molecule has 0 spiro atoms. The average Bonchev–Trinajstić information content (AvgIpc) is 2.29. The van der Waals surface area contributed by atoms with E-state index in [4.69, 9.17) is 11.6 Å². The molecule has 5 heteroatoms. The van der Waals surface area contributed by atoms with Crippen LogP contribution in [0.5, 0.6) is 0 Å². The third-order valence-corrected chi connectivity index (χ3v) is 3.30. The first-order valence-corrected chi connectivity index (χ1v) is 6.46. The molecule has 4 nitrogen and oxygen atoms in total. The minimum Gasteiger partial charge on any atom is -0.359 e. The Balaban J connectivity index is 2.00. The van der Waals surface area contributed by atoms with Gasteiger partial charge in [0.1, 0.15) is 5.82 Å². The lowest BCUT2D eigenvalue weighted by Crippen LogP contribution is -2.37. The summed E-state index contributed by atoms with van der Waals surface area (Å²) in [4.78, 5) is 10.5. The molecular weight excluding hydrogens is 236 g/mol. The van der Waals surface area contributed by atoms with Crippen LogP contribution in [0.3, 0.4) is 0 Å². The van der Waals surface area contributed by atoms with Crippen molar-refractivity contribution in [2.45, 2.75) is 19.8 Å². The van der Waals surface area contributed by atoms with Crippen LogP contribution in [0, 0.1) is 12.8 Å². The van der Waals surface area contributed by atoms with E-state index in [0.29, 0.717) is 11.2 Å². The van der Waals surface area contributed by atoms with E-state index in [1.54, 1.807) is 0 Å². The monoisotopic (exact) mass is 254 g/mol. The summed E-state index contributed by atoms with van der Waals surface area (Å²) >= 11 is 5.88. The third-order valence-electron chi connectivity index (χ3n) is 3.14. The zero-order valence-corrected chi connectivity index (χ0v) is 11.2. The quantitative estimate of drug-likeness (QED) is 0.837. The number of aryl methyl sites for hydroxylation is 1. The molecule has 1 N–H and O–H groups in total. The van der Waals surface area contributed by atoms with Crippen LogP contribution in [0.2, 0.25) is 5.28 Å². The molecule has 0 aliphatic carbocycles. The summed E-state index contributed by atoms with van der Waals surface area (Å²) in [6.45, 7) is 5.20. The number of hydrogen-bond acceptors (Lipinski definition) is 4. The molecule has 0 amide bonds. The lowest BCUT2D eigenvalue weighted by atomic mass is 9.99. The van der Waals surface area contributed by atoms with E-state index >= 15 is 0 Å². The molecule has 17 heavy (non-hydrogen) atoms. The fraction of sp³-hybridized carbons (Fsp3) is 0.667. The standard InChI is InChI=1S/C12H19ClN4/c1-9-6-11(16-12(13)15-9)17(2)8-10-4-3-5-14-7-10/h6,10,14H,3-5,7-8H2,1-2H3. The van der Waals surface area contributed by atoms with Crippen LogP contribution in [0.15, 0.2) is 6.07 Å². The van der Waals surface area contributed by atoms with Gasteiger partial charge >= 0.3 is 0 Å². The normalized spacial score (nSPS) is 20.3. The number of rotatable bonds is 3. The largest absolute Gasteiger partial charge is 0.359 e. The SMILES string of the molecule is Cc1cc(N(C)CC2CCCNC2)nc(Cl)n1. The lowest BCUT2D eigenvalue weighted by Gasteiger charge is -2.28. The molecule has 1 fully saturated rings. The van der Waals surface area contributed by atoms with E-state index in [9.17, 15) is 0 Å². The molecular formula is C12H19ClN4. The highest BCUT2D eigenvalue weighted by molar-refractivity contribution is 6.28. The fourth-order valence-electron chi connectivity index (χ4n) is 2.27. The number of hydrogen-bond donors (Lipinski definition) is 1. The molecule has 2 heterocycles. The summed E-state index contributed by atoms with van der Waals surface area (Å²) in [6, 6.07) is 1.97. The molecule has 1 aliphatic rings. The van der Waals surface area contributed by atoms with E-state index in [1.807, 2.05) is 13.0 Å². The Morgan fingerprint density at radius 1 is 1.53 bits per heavy atom. The van der Waals surface area contributed by atoms with Crippen LogP contribution in [-0.4, -0.2) is 36.6 Å². The van der Waals surface area contributed by atoms with Gasteiger partial charge in [0.15, 0.2) is 0 Å². The summed E-state index contributed by atoms with van der Waals surface area (Å²) in [5.74, 6) is 1.61. The highest BCUT2D eigenvalue weighted by atomic mass is 35.5. The van der Waals surface area contributed by atoms with Crippen molar-refractivity contribution < 1.29 is 0 Å². The number of halogens is 1. The Kier molecular flexibility index (Phi) is 4.18. The summed E-state index contributed by atoms with van der Waals surface area (Å²) in [5.41, 5.74) is 0.911. The van der Waals surface area contributed by atoms with E-state index in [2.05, 4.69) is 27.2 Å². The Hall–Kier alpha value is -0.870. The Morgan fingerprint density at radius 3 is 3.00 bits per heavy atom. The van der Waals surface area contributed by atoms with Gasteiger partial charge in [0.05, 0.1) is 0 Å². The summed E-state index contributed by atoms with van der Waals surface area (Å²) in [7, 11) is 2.06. The van der Waals surface area contributed by atoms with Crippen molar-refractivity contribution in [3.63, 3.8) is 0 Å². The van der Waals surface area contributed by atoms with Crippen LogP contribution in [0.1, 0.15) is 18.5 Å². The maximum atomic E-state index is 5.88. The van der Waals surface area contributed by atoms with Crippen molar-refractivity contribution in [3.05, 3.63) is 17.0 Å². The number of aromatic nitrogens is 2. The lowest BCUT2D eigenvalue weighted by molar-refractivity contribution is 0.380. The predicted octanol–water partition coefficient (Wildman–Crippen LogP) is 1.87. The van der Waals surface area contributed by atoms with Gasteiger partial charge in [-0.25, -0.2) is 9.97 Å². The summed E-state index contributed by atoms with van der Waals surface area (Å²) < 4.78 is 0. The molecule has 0 aromatic carbocycles. The molecule has 0 bridgehead atoms. The first kappa shape index (κ1) is 12.6. The number of nitrogens with zero attached hydrogens (tertiary/aromatic N) is 3. The summed E-state index contributed by atoms with van der Waals surface area (Å²) in [6.07, 6.45) is 2.55. The highest BCUT2D eigenvalue weighted by Crippen LogP contribution is 2.17. The second-order valence-corrected chi connectivity index (χ2v) is 5.07. The number of nitrogens with one attached hydrogen (secondary N) is 1. The van der Waals surface area contributed by atoms with Gasteiger partial charge in [-0.3, -0.25) is 0 Å². The van der Waals surface area contributed by atoms with Gasteiger partial charge in [-0.15, -0.1) is 0 Å². The third kappa shape index (κ3) is 3.54. The maximum Gasteiger partial charge on any atom is 0.224 e.